The fraction of sp³-hybridized carbons (Fsp3) is 0.0625. The summed E-state index contributed by atoms with van der Waals surface area (Å²) in [5.41, 5.74) is 2.66. The average molecular weight is 396 g/mol. The van der Waals surface area contributed by atoms with Gasteiger partial charge in [0.2, 0.25) is 0 Å². The first kappa shape index (κ1) is 15.0. The number of halogens is 2. The Morgan fingerprint density at radius 3 is 2.20 bits per heavy atom. The molecule has 0 aromatic heterocycles. The molecule has 0 heterocycles. The number of phenolic OH excluding ortho intramolecular Hbond substituents is 1. The van der Waals surface area contributed by atoms with Gasteiger partial charge in [-0.05, 0) is 62.6 Å². The molecule has 0 fully saturated rings. The number of allylic oxidation sites excluding steroid dienone is 1. The highest BCUT2D eigenvalue weighted by Crippen LogP contribution is 2.33. The summed E-state index contributed by atoms with van der Waals surface area (Å²) >= 11 is 6.43. The van der Waals surface area contributed by atoms with Crippen molar-refractivity contribution in [2.45, 2.75) is 6.92 Å². The molecule has 0 saturated carbocycles. The standard InChI is InChI=1S/C16H12Br2O2/c1-10-2-4-11(5-3-10)6-7-15(19)12-8-13(17)16(20)14(18)9-12/h2-9,20H,1H3/b7-6+. The second-order valence-corrected chi connectivity index (χ2v) is 6.11. The molecule has 2 nitrogen and oxygen atoms in total. The van der Waals surface area contributed by atoms with Gasteiger partial charge in [0, 0.05) is 5.56 Å². The van der Waals surface area contributed by atoms with Gasteiger partial charge in [-0.3, -0.25) is 4.79 Å². The zero-order valence-electron chi connectivity index (χ0n) is 10.7. The summed E-state index contributed by atoms with van der Waals surface area (Å²) < 4.78 is 0.970. The summed E-state index contributed by atoms with van der Waals surface area (Å²) in [7, 11) is 0. The average Bonchev–Trinajstić information content (AvgIpc) is 2.43. The van der Waals surface area contributed by atoms with Gasteiger partial charge in [0.1, 0.15) is 5.75 Å². The van der Waals surface area contributed by atoms with E-state index in [1.165, 1.54) is 11.6 Å². The van der Waals surface area contributed by atoms with Gasteiger partial charge in [0.25, 0.3) is 0 Å². The van der Waals surface area contributed by atoms with E-state index in [1.807, 2.05) is 31.2 Å². The molecule has 2 aromatic rings. The lowest BCUT2D eigenvalue weighted by atomic mass is 10.1. The summed E-state index contributed by atoms with van der Waals surface area (Å²) in [5, 5.41) is 9.62. The lowest BCUT2D eigenvalue weighted by molar-refractivity contribution is 0.104. The minimum Gasteiger partial charge on any atom is -0.506 e. The fourth-order valence-corrected chi connectivity index (χ4v) is 2.84. The van der Waals surface area contributed by atoms with E-state index in [1.54, 1.807) is 18.2 Å². The topological polar surface area (TPSA) is 37.3 Å². The molecule has 0 unspecified atom stereocenters. The van der Waals surface area contributed by atoms with E-state index in [4.69, 9.17) is 0 Å². The van der Waals surface area contributed by atoms with Gasteiger partial charge in [0.15, 0.2) is 5.78 Å². The number of carbonyl (C=O) groups excluding carboxylic acids is 1. The monoisotopic (exact) mass is 394 g/mol. The Morgan fingerprint density at radius 2 is 1.65 bits per heavy atom. The van der Waals surface area contributed by atoms with Crippen molar-refractivity contribution in [2.24, 2.45) is 0 Å². The zero-order chi connectivity index (χ0) is 14.7. The molecule has 1 N–H and O–H groups in total. The van der Waals surface area contributed by atoms with E-state index >= 15 is 0 Å². The van der Waals surface area contributed by atoms with E-state index in [0.717, 1.165) is 5.56 Å². The Balaban J connectivity index is 2.22. The van der Waals surface area contributed by atoms with Gasteiger partial charge >= 0.3 is 0 Å². The Bertz CT molecular complexity index is 650. The first-order valence-electron chi connectivity index (χ1n) is 5.94. The van der Waals surface area contributed by atoms with Crippen molar-refractivity contribution < 1.29 is 9.90 Å². The molecule has 0 aliphatic heterocycles. The summed E-state index contributed by atoms with van der Waals surface area (Å²) in [6, 6.07) is 11.1. The second kappa shape index (κ2) is 6.37. The summed E-state index contributed by atoms with van der Waals surface area (Å²) in [4.78, 5) is 12.1. The third-order valence-corrected chi connectivity index (χ3v) is 4.01. The van der Waals surface area contributed by atoms with Crippen LogP contribution in [0.3, 0.4) is 0 Å². The van der Waals surface area contributed by atoms with Crippen LogP contribution < -0.4 is 0 Å². The maximum absolute atomic E-state index is 12.1. The van der Waals surface area contributed by atoms with Crippen molar-refractivity contribution in [3.63, 3.8) is 0 Å². The normalized spacial score (nSPS) is 10.9. The molecule has 0 bridgehead atoms. The van der Waals surface area contributed by atoms with E-state index in [9.17, 15) is 9.90 Å². The molecule has 4 heteroatoms. The van der Waals surface area contributed by atoms with Crippen LogP contribution in [0.4, 0.5) is 0 Å². The van der Waals surface area contributed by atoms with Crippen LogP contribution in [0.25, 0.3) is 6.08 Å². The summed E-state index contributed by atoms with van der Waals surface area (Å²) in [6.45, 7) is 2.02. The predicted molar refractivity (Wildman–Crippen MR) is 88.1 cm³/mol. The molecule has 0 spiro atoms. The first-order valence-corrected chi connectivity index (χ1v) is 7.53. The number of phenols is 1. The third kappa shape index (κ3) is 3.58. The smallest absolute Gasteiger partial charge is 0.185 e. The molecular formula is C16H12Br2O2. The van der Waals surface area contributed by atoms with Crippen molar-refractivity contribution in [3.05, 3.63) is 68.1 Å². The van der Waals surface area contributed by atoms with E-state index in [2.05, 4.69) is 31.9 Å². The SMILES string of the molecule is Cc1ccc(/C=C/C(=O)c2cc(Br)c(O)c(Br)c2)cc1. The molecule has 0 amide bonds. The predicted octanol–water partition coefficient (Wildman–Crippen LogP) is 5.12. The quantitative estimate of drug-likeness (QED) is 0.578. The molecule has 0 saturated heterocycles. The van der Waals surface area contributed by atoms with Crippen LogP contribution in [0.2, 0.25) is 0 Å². The second-order valence-electron chi connectivity index (χ2n) is 4.40. The number of carbonyl (C=O) groups is 1. The van der Waals surface area contributed by atoms with Crippen molar-refractivity contribution in [2.75, 3.05) is 0 Å². The summed E-state index contributed by atoms with van der Waals surface area (Å²) in [5.74, 6) is -0.0314. The lowest BCUT2D eigenvalue weighted by Crippen LogP contribution is -1.94. The van der Waals surface area contributed by atoms with Crippen molar-refractivity contribution in [3.8, 4) is 5.75 Å². The highest BCUT2D eigenvalue weighted by atomic mass is 79.9. The van der Waals surface area contributed by atoms with Crippen LogP contribution in [0, 0.1) is 6.92 Å². The summed E-state index contributed by atoms with van der Waals surface area (Å²) in [6.07, 6.45) is 3.30. The maximum Gasteiger partial charge on any atom is 0.185 e. The minimum absolute atomic E-state index is 0.0871. The largest absolute Gasteiger partial charge is 0.506 e. The van der Waals surface area contributed by atoms with Crippen molar-refractivity contribution in [1.82, 2.24) is 0 Å². The van der Waals surface area contributed by atoms with Crippen LogP contribution in [0.5, 0.6) is 5.75 Å². The number of hydrogen-bond acceptors (Lipinski definition) is 2. The van der Waals surface area contributed by atoms with Crippen LogP contribution in [-0.4, -0.2) is 10.9 Å². The van der Waals surface area contributed by atoms with Gasteiger partial charge in [-0.25, -0.2) is 0 Å². The molecule has 0 aliphatic carbocycles. The van der Waals surface area contributed by atoms with Crippen LogP contribution in [-0.2, 0) is 0 Å². The molecule has 20 heavy (non-hydrogen) atoms. The molecule has 2 aromatic carbocycles. The number of aryl methyl sites for hydroxylation is 1. The van der Waals surface area contributed by atoms with Crippen LogP contribution in [0.15, 0.2) is 51.4 Å². The Kier molecular flexibility index (Phi) is 4.78. The number of benzene rings is 2. The Hall–Kier alpha value is -1.39. The van der Waals surface area contributed by atoms with Gasteiger partial charge in [0.05, 0.1) is 8.95 Å². The maximum atomic E-state index is 12.1. The Labute approximate surface area is 134 Å². The fourth-order valence-electron chi connectivity index (χ4n) is 1.65. The van der Waals surface area contributed by atoms with E-state index < -0.39 is 0 Å². The minimum atomic E-state index is -0.119. The van der Waals surface area contributed by atoms with Crippen molar-refractivity contribution >= 4 is 43.7 Å². The van der Waals surface area contributed by atoms with Crippen LogP contribution in [0.1, 0.15) is 21.5 Å². The highest BCUT2D eigenvalue weighted by molar-refractivity contribution is 9.11. The molecule has 102 valence electrons. The number of rotatable bonds is 3. The lowest BCUT2D eigenvalue weighted by Gasteiger charge is -2.03. The van der Waals surface area contributed by atoms with Gasteiger partial charge in [-0.1, -0.05) is 35.9 Å². The van der Waals surface area contributed by atoms with Crippen molar-refractivity contribution in [1.29, 1.82) is 0 Å². The van der Waals surface area contributed by atoms with Gasteiger partial charge < -0.3 is 5.11 Å². The number of ketones is 1. The molecule has 0 atom stereocenters. The molecular weight excluding hydrogens is 384 g/mol. The first-order chi connectivity index (χ1) is 9.47. The molecule has 2 rings (SSSR count). The highest BCUT2D eigenvalue weighted by Gasteiger charge is 2.09. The number of aromatic hydroxyl groups is 1. The molecule has 0 radical (unpaired) electrons. The number of hydrogen-bond donors (Lipinski definition) is 1. The van der Waals surface area contributed by atoms with E-state index in [-0.39, 0.29) is 11.5 Å². The third-order valence-electron chi connectivity index (χ3n) is 2.81. The van der Waals surface area contributed by atoms with Crippen LogP contribution >= 0.6 is 31.9 Å². The van der Waals surface area contributed by atoms with Gasteiger partial charge in [-0.15, -0.1) is 0 Å². The van der Waals surface area contributed by atoms with E-state index in [0.29, 0.717) is 14.5 Å². The Morgan fingerprint density at radius 1 is 1.10 bits per heavy atom. The van der Waals surface area contributed by atoms with Gasteiger partial charge in [-0.2, -0.15) is 0 Å². The molecule has 0 aliphatic rings. The zero-order valence-corrected chi connectivity index (χ0v) is 13.9.